The van der Waals surface area contributed by atoms with E-state index in [1.807, 2.05) is 0 Å². The molecule has 90 valence electrons. The van der Waals surface area contributed by atoms with Crippen LogP contribution >= 0.6 is 11.6 Å². The lowest BCUT2D eigenvalue weighted by Crippen LogP contribution is -2.22. The van der Waals surface area contributed by atoms with E-state index in [0.29, 0.717) is 30.2 Å². The van der Waals surface area contributed by atoms with Crippen molar-refractivity contribution < 1.29 is 4.74 Å². The first-order chi connectivity index (χ1) is 8.24. The van der Waals surface area contributed by atoms with Crippen LogP contribution in [0.1, 0.15) is 6.42 Å². The van der Waals surface area contributed by atoms with Gasteiger partial charge in [-0.15, -0.1) is 0 Å². The molecule has 0 amide bonds. The Morgan fingerprint density at radius 1 is 1.65 bits per heavy atom. The maximum Gasteiger partial charge on any atom is 0.327 e. The van der Waals surface area contributed by atoms with Crippen LogP contribution in [0.5, 0.6) is 0 Å². The number of nitrogens with zero attached hydrogens (tertiary/aromatic N) is 3. The fourth-order valence-corrected chi connectivity index (χ4v) is 2.21. The lowest BCUT2D eigenvalue weighted by Gasteiger charge is -2.07. The van der Waals surface area contributed by atoms with Crippen molar-refractivity contribution in [3.05, 3.63) is 22.0 Å². The molecule has 17 heavy (non-hydrogen) atoms. The van der Waals surface area contributed by atoms with Gasteiger partial charge in [0.25, 0.3) is 0 Å². The normalized spacial score (nSPS) is 20.2. The zero-order valence-electron chi connectivity index (χ0n) is 9.02. The van der Waals surface area contributed by atoms with Crippen molar-refractivity contribution in [2.45, 2.75) is 13.0 Å². The van der Waals surface area contributed by atoms with E-state index in [1.165, 1.54) is 6.20 Å². The van der Waals surface area contributed by atoms with E-state index < -0.39 is 0 Å². The second kappa shape index (κ2) is 4.12. The van der Waals surface area contributed by atoms with E-state index in [-0.39, 0.29) is 11.0 Å². The summed E-state index contributed by atoms with van der Waals surface area (Å²) in [6.07, 6.45) is 2.49. The highest BCUT2D eigenvalue weighted by Crippen LogP contribution is 2.16. The summed E-state index contributed by atoms with van der Waals surface area (Å²) < 4.78 is 6.90. The molecule has 1 aliphatic heterocycles. The van der Waals surface area contributed by atoms with Gasteiger partial charge in [-0.2, -0.15) is 4.98 Å². The van der Waals surface area contributed by atoms with Crippen molar-refractivity contribution in [3.63, 3.8) is 0 Å². The van der Waals surface area contributed by atoms with Crippen LogP contribution in [0, 0.1) is 5.92 Å². The van der Waals surface area contributed by atoms with Gasteiger partial charge < -0.3 is 9.72 Å². The molecule has 3 rings (SSSR count). The summed E-state index contributed by atoms with van der Waals surface area (Å²) in [4.78, 5) is 22.4. The number of halogens is 1. The average Bonchev–Trinajstić information content (AvgIpc) is 2.90. The second-order valence-corrected chi connectivity index (χ2v) is 4.48. The maximum atomic E-state index is 11.8. The molecule has 0 aromatic carbocycles. The molecule has 2 aromatic rings. The number of hydrogen-bond donors (Lipinski definition) is 1. The zero-order chi connectivity index (χ0) is 11.8. The number of ether oxygens (including phenoxy) is 1. The van der Waals surface area contributed by atoms with Gasteiger partial charge >= 0.3 is 5.69 Å². The number of aromatic amines is 1. The molecule has 7 heteroatoms. The third-order valence-electron chi connectivity index (χ3n) is 2.95. The lowest BCUT2D eigenvalue weighted by atomic mass is 10.1. The van der Waals surface area contributed by atoms with Gasteiger partial charge in [-0.1, -0.05) is 0 Å². The van der Waals surface area contributed by atoms with Crippen LogP contribution in [0.2, 0.25) is 5.28 Å². The summed E-state index contributed by atoms with van der Waals surface area (Å²) in [5, 5.41) is 0.146. The Balaban J connectivity index is 2.04. The number of fused-ring (bicyclic) bond motifs is 1. The highest BCUT2D eigenvalue weighted by atomic mass is 35.5. The number of hydrogen-bond acceptors (Lipinski definition) is 4. The minimum atomic E-state index is -0.177. The number of aromatic nitrogens is 4. The Morgan fingerprint density at radius 2 is 2.53 bits per heavy atom. The second-order valence-electron chi connectivity index (χ2n) is 4.15. The summed E-state index contributed by atoms with van der Waals surface area (Å²) in [5.74, 6) is 0.362. The third kappa shape index (κ3) is 1.94. The molecule has 3 heterocycles. The Bertz CT molecular complexity index is 600. The fraction of sp³-hybridized carbons (Fsp3) is 0.500. The molecule has 1 unspecified atom stereocenters. The molecular formula is C10H11ClN4O2. The first kappa shape index (κ1) is 10.7. The first-order valence-electron chi connectivity index (χ1n) is 5.43. The van der Waals surface area contributed by atoms with Crippen LogP contribution < -0.4 is 5.69 Å². The van der Waals surface area contributed by atoms with Gasteiger partial charge in [0.1, 0.15) is 5.52 Å². The minimum absolute atomic E-state index is 0.146. The number of rotatable bonds is 2. The smallest absolute Gasteiger partial charge is 0.327 e. The van der Waals surface area contributed by atoms with Crippen molar-refractivity contribution in [2.75, 3.05) is 13.2 Å². The quantitative estimate of drug-likeness (QED) is 0.805. The number of imidazole rings is 1. The summed E-state index contributed by atoms with van der Waals surface area (Å²) in [7, 11) is 0. The van der Waals surface area contributed by atoms with Gasteiger partial charge in [-0.05, 0) is 18.0 Å². The Hall–Kier alpha value is -1.40. The molecule has 1 atom stereocenters. The molecule has 1 N–H and O–H groups in total. The average molecular weight is 255 g/mol. The van der Waals surface area contributed by atoms with Crippen LogP contribution in [0.25, 0.3) is 11.2 Å². The molecule has 2 aromatic heterocycles. The van der Waals surface area contributed by atoms with Crippen LogP contribution in [-0.2, 0) is 11.3 Å². The molecule has 0 radical (unpaired) electrons. The summed E-state index contributed by atoms with van der Waals surface area (Å²) in [6, 6.07) is 0. The number of H-pyrrole nitrogens is 1. The number of nitrogens with one attached hydrogen (secondary N) is 1. The molecular weight excluding hydrogens is 244 g/mol. The molecule has 1 fully saturated rings. The van der Waals surface area contributed by atoms with E-state index >= 15 is 0 Å². The predicted octanol–water partition coefficient (Wildman–Crippen LogP) is 0.809. The Morgan fingerprint density at radius 3 is 3.29 bits per heavy atom. The van der Waals surface area contributed by atoms with E-state index in [4.69, 9.17) is 16.3 Å². The highest BCUT2D eigenvalue weighted by Gasteiger charge is 2.19. The van der Waals surface area contributed by atoms with Crippen LogP contribution in [-0.4, -0.2) is 32.7 Å². The molecule has 0 spiro atoms. The van der Waals surface area contributed by atoms with E-state index in [2.05, 4.69) is 15.0 Å². The van der Waals surface area contributed by atoms with E-state index in [1.54, 1.807) is 4.57 Å². The van der Waals surface area contributed by atoms with E-state index in [9.17, 15) is 4.79 Å². The van der Waals surface area contributed by atoms with Crippen molar-refractivity contribution in [2.24, 2.45) is 5.92 Å². The SMILES string of the molecule is O=c1[nH]c2cnc(Cl)nc2n1CC1CCOC1. The van der Waals surface area contributed by atoms with Gasteiger partial charge in [-0.3, -0.25) is 4.57 Å². The van der Waals surface area contributed by atoms with Crippen LogP contribution in [0.15, 0.2) is 11.0 Å². The molecule has 0 aliphatic carbocycles. The van der Waals surface area contributed by atoms with Crippen LogP contribution in [0.3, 0.4) is 0 Å². The predicted molar refractivity (Wildman–Crippen MR) is 62.1 cm³/mol. The maximum absolute atomic E-state index is 11.8. The topological polar surface area (TPSA) is 72.8 Å². The zero-order valence-corrected chi connectivity index (χ0v) is 9.78. The van der Waals surface area contributed by atoms with E-state index in [0.717, 1.165) is 13.0 Å². The first-order valence-corrected chi connectivity index (χ1v) is 5.80. The summed E-state index contributed by atoms with van der Waals surface area (Å²) in [5.41, 5.74) is 0.990. The van der Waals surface area contributed by atoms with Gasteiger partial charge in [0, 0.05) is 19.1 Å². The monoisotopic (exact) mass is 254 g/mol. The van der Waals surface area contributed by atoms with Gasteiger partial charge in [-0.25, -0.2) is 9.78 Å². The standard InChI is InChI=1S/C10H11ClN4O2/c11-9-12-3-7-8(14-9)15(10(16)13-7)4-6-1-2-17-5-6/h3,6H,1-2,4-5H2,(H,13,16). The minimum Gasteiger partial charge on any atom is -0.381 e. The largest absolute Gasteiger partial charge is 0.381 e. The Labute approximate surface area is 102 Å². The molecule has 0 saturated carbocycles. The molecule has 6 nitrogen and oxygen atoms in total. The van der Waals surface area contributed by atoms with Crippen LogP contribution in [0.4, 0.5) is 0 Å². The summed E-state index contributed by atoms with van der Waals surface area (Å²) in [6.45, 7) is 2.06. The lowest BCUT2D eigenvalue weighted by molar-refractivity contribution is 0.182. The third-order valence-corrected chi connectivity index (χ3v) is 3.13. The van der Waals surface area contributed by atoms with Gasteiger partial charge in [0.2, 0.25) is 5.28 Å². The summed E-state index contributed by atoms with van der Waals surface area (Å²) >= 11 is 5.74. The highest BCUT2D eigenvalue weighted by molar-refractivity contribution is 6.28. The Kier molecular flexibility index (Phi) is 2.60. The van der Waals surface area contributed by atoms with Gasteiger partial charge in [0.15, 0.2) is 5.65 Å². The molecule has 0 bridgehead atoms. The van der Waals surface area contributed by atoms with Crippen molar-refractivity contribution in [1.29, 1.82) is 0 Å². The fourth-order valence-electron chi connectivity index (χ4n) is 2.08. The van der Waals surface area contributed by atoms with Crippen molar-refractivity contribution in [1.82, 2.24) is 19.5 Å². The molecule has 1 saturated heterocycles. The van der Waals surface area contributed by atoms with Crippen molar-refractivity contribution >= 4 is 22.8 Å². The molecule has 1 aliphatic rings. The van der Waals surface area contributed by atoms with Gasteiger partial charge in [0.05, 0.1) is 12.8 Å². The van der Waals surface area contributed by atoms with Crippen molar-refractivity contribution in [3.8, 4) is 0 Å².